The van der Waals surface area contributed by atoms with Gasteiger partial charge in [0.1, 0.15) is 0 Å². The first-order valence-electron chi connectivity index (χ1n) is 7.38. The summed E-state index contributed by atoms with van der Waals surface area (Å²) in [4.78, 5) is 24.4. The first-order chi connectivity index (χ1) is 9.56. The molecule has 0 saturated heterocycles. The van der Waals surface area contributed by atoms with Gasteiger partial charge in [-0.2, -0.15) is 0 Å². The van der Waals surface area contributed by atoms with Gasteiger partial charge < -0.3 is 20.1 Å². The van der Waals surface area contributed by atoms with Gasteiger partial charge in [0, 0.05) is 26.2 Å². The fraction of sp³-hybridized carbons (Fsp3) is 0.857. The summed E-state index contributed by atoms with van der Waals surface area (Å²) in [5.41, 5.74) is 0. The number of hydrogen-bond donors (Lipinski definition) is 2. The van der Waals surface area contributed by atoms with Crippen LogP contribution in [0.5, 0.6) is 0 Å². The number of likely N-dealkylation sites (N-methyl/N-ethyl adjacent to an activating group) is 1. The molecular formula is C14H24N2O4. The number of aliphatic carboxylic acids is 1. The monoisotopic (exact) mass is 284 g/mol. The van der Waals surface area contributed by atoms with Crippen LogP contribution in [-0.2, 0) is 9.53 Å². The number of urea groups is 1. The molecule has 0 aliphatic heterocycles. The van der Waals surface area contributed by atoms with Gasteiger partial charge in [-0.15, -0.1) is 0 Å². The van der Waals surface area contributed by atoms with Crippen LogP contribution in [0.3, 0.4) is 0 Å². The number of rotatable bonds is 7. The number of ether oxygens (including phenoxy) is 1. The summed E-state index contributed by atoms with van der Waals surface area (Å²) in [5.74, 6) is -0.336. The van der Waals surface area contributed by atoms with Crippen LogP contribution in [-0.4, -0.2) is 54.9 Å². The van der Waals surface area contributed by atoms with Crippen LogP contribution in [0, 0.1) is 11.8 Å². The van der Waals surface area contributed by atoms with Crippen molar-refractivity contribution >= 4 is 12.0 Å². The number of hydrogen-bond acceptors (Lipinski definition) is 3. The molecule has 2 saturated carbocycles. The number of nitrogens with zero attached hydrogens (tertiary/aromatic N) is 1. The Bertz CT molecular complexity index is 357. The van der Waals surface area contributed by atoms with Crippen molar-refractivity contribution in [2.45, 2.75) is 38.1 Å². The number of nitrogens with one attached hydrogen (secondary N) is 1. The van der Waals surface area contributed by atoms with E-state index in [2.05, 4.69) is 5.32 Å². The zero-order chi connectivity index (χ0) is 14.5. The minimum atomic E-state index is -0.761. The Balaban J connectivity index is 1.59. The van der Waals surface area contributed by atoms with Crippen molar-refractivity contribution in [3.8, 4) is 0 Å². The van der Waals surface area contributed by atoms with Crippen molar-refractivity contribution < 1.29 is 19.4 Å². The molecule has 0 spiro atoms. The van der Waals surface area contributed by atoms with Crippen LogP contribution >= 0.6 is 0 Å². The van der Waals surface area contributed by atoms with Gasteiger partial charge in [0.2, 0.25) is 0 Å². The van der Waals surface area contributed by atoms with E-state index in [1.165, 1.54) is 12.8 Å². The zero-order valence-electron chi connectivity index (χ0n) is 12.0. The smallest absolute Gasteiger partial charge is 0.317 e. The molecule has 0 radical (unpaired) electrons. The molecule has 0 aromatic rings. The Morgan fingerprint density at radius 3 is 2.65 bits per heavy atom. The molecule has 2 atom stereocenters. The van der Waals surface area contributed by atoms with Gasteiger partial charge in [0.15, 0.2) is 0 Å². The highest BCUT2D eigenvalue weighted by molar-refractivity contribution is 5.75. The van der Waals surface area contributed by atoms with Crippen LogP contribution in [0.4, 0.5) is 4.79 Å². The third-order valence-electron chi connectivity index (χ3n) is 4.08. The number of carboxylic acids is 1. The van der Waals surface area contributed by atoms with Crippen LogP contribution in [0.25, 0.3) is 0 Å². The van der Waals surface area contributed by atoms with Gasteiger partial charge in [-0.25, -0.2) is 4.79 Å². The minimum Gasteiger partial charge on any atom is -0.481 e. The molecule has 2 fully saturated rings. The maximum absolute atomic E-state index is 11.9. The molecule has 2 aliphatic carbocycles. The van der Waals surface area contributed by atoms with E-state index in [0.29, 0.717) is 26.0 Å². The predicted molar refractivity (Wildman–Crippen MR) is 73.5 cm³/mol. The Kier molecular flexibility index (Phi) is 5.23. The van der Waals surface area contributed by atoms with E-state index in [1.807, 2.05) is 0 Å². The molecule has 20 heavy (non-hydrogen) atoms. The quantitative estimate of drug-likeness (QED) is 0.691. The van der Waals surface area contributed by atoms with Crippen molar-refractivity contribution in [1.29, 1.82) is 0 Å². The topological polar surface area (TPSA) is 78.9 Å². The summed E-state index contributed by atoms with van der Waals surface area (Å²) >= 11 is 0. The van der Waals surface area contributed by atoms with E-state index >= 15 is 0 Å². The Hall–Kier alpha value is -1.30. The van der Waals surface area contributed by atoms with E-state index in [9.17, 15) is 9.59 Å². The summed E-state index contributed by atoms with van der Waals surface area (Å²) in [5, 5.41) is 11.8. The van der Waals surface area contributed by atoms with Gasteiger partial charge in [-0.05, 0) is 38.0 Å². The Labute approximate surface area is 119 Å². The average molecular weight is 284 g/mol. The second-order valence-corrected chi connectivity index (χ2v) is 5.93. The van der Waals surface area contributed by atoms with E-state index in [-0.39, 0.29) is 18.0 Å². The molecular weight excluding hydrogens is 260 g/mol. The molecule has 2 aliphatic rings. The Morgan fingerprint density at radius 2 is 2.05 bits per heavy atom. The molecule has 2 rings (SSSR count). The lowest BCUT2D eigenvalue weighted by atomic mass is 10.1. The molecule has 0 bridgehead atoms. The molecule has 0 aromatic carbocycles. The highest BCUT2D eigenvalue weighted by Gasteiger charge is 2.31. The first kappa shape index (κ1) is 15.1. The van der Waals surface area contributed by atoms with Crippen molar-refractivity contribution in [1.82, 2.24) is 10.2 Å². The van der Waals surface area contributed by atoms with E-state index < -0.39 is 5.97 Å². The van der Waals surface area contributed by atoms with E-state index in [4.69, 9.17) is 9.84 Å². The normalized spacial score (nSPS) is 25.4. The number of carbonyl (C=O) groups excluding carboxylic acids is 1. The van der Waals surface area contributed by atoms with Crippen molar-refractivity contribution in [3.63, 3.8) is 0 Å². The van der Waals surface area contributed by atoms with E-state index in [0.717, 1.165) is 18.9 Å². The Morgan fingerprint density at radius 1 is 1.30 bits per heavy atom. The maximum atomic E-state index is 11.9. The molecule has 2 N–H and O–H groups in total. The van der Waals surface area contributed by atoms with Crippen molar-refractivity contribution in [2.24, 2.45) is 11.8 Å². The molecule has 2 unspecified atom stereocenters. The molecule has 114 valence electrons. The predicted octanol–water partition coefficient (Wildman–Crippen LogP) is 1.31. The van der Waals surface area contributed by atoms with Crippen LogP contribution in [0.15, 0.2) is 0 Å². The second kappa shape index (κ2) is 6.92. The van der Waals surface area contributed by atoms with Crippen molar-refractivity contribution in [2.75, 3.05) is 26.8 Å². The number of carboxylic acid groups (broad SMARTS) is 1. The molecule has 0 heterocycles. The standard InChI is InChI=1S/C14H24N2O4/c1-16(6-7-20-9-10-2-3-10)14(19)15-12-5-4-11(8-12)13(17)18/h10-12H,2-9H2,1H3,(H,15,19)(H,17,18). The number of carbonyl (C=O) groups is 2. The second-order valence-electron chi connectivity index (χ2n) is 5.93. The summed E-state index contributed by atoms with van der Waals surface area (Å²) in [7, 11) is 1.74. The highest BCUT2D eigenvalue weighted by atomic mass is 16.5. The van der Waals surface area contributed by atoms with Crippen LogP contribution < -0.4 is 5.32 Å². The molecule has 2 amide bonds. The fourth-order valence-corrected chi connectivity index (χ4v) is 2.46. The summed E-state index contributed by atoms with van der Waals surface area (Å²) in [6.45, 7) is 1.93. The summed E-state index contributed by atoms with van der Waals surface area (Å²) in [6, 6.07) is -0.158. The largest absolute Gasteiger partial charge is 0.481 e. The van der Waals surface area contributed by atoms with Crippen LogP contribution in [0.1, 0.15) is 32.1 Å². The van der Waals surface area contributed by atoms with Gasteiger partial charge in [-0.3, -0.25) is 4.79 Å². The lowest BCUT2D eigenvalue weighted by molar-refractivity contribution is -0.141. The molecule has 0 aromatic heterocycles. The van der Waals surface area contributed by atoms with Gasteiger partial charge in [-0.1, -0.05) is 0 Å². The SMILES string of the molecule is CN(CCOCC1CC1)C(=O)NC1CCC(C(=O)O)C1. The molecule has 6 nitrogen and oxygen atoms in total. The fourth-order valence-electron chi connectivity index (χ4n) is 2.46. The maximum Gasteiger partial charge on any atom is 0.317 e. The third kappa shape index (κ3) is 4.67. The lowest BCUT2D eigenvalue weighted by Gasteiger charge is -2.21. The van der Waals surface area contributed by atoms with Gasteiger partial charge in [0.25, 0.3) is 0 Å². The highest BCUT2D eigenvalue weighted by Crippen LogP contribution is 2.28. The van der Waals surface area contributed by atoms with Gasteiger partial charge >= 0.3 is 12.0 Å². The molecule has 6 heteroatoms. The average Bonchev–Trinajstić information content (AvgIpc) is 3.11. The first-order valence-corrected chi connectivity index (χ1v) is 7.38. The van der Waals surface area contributed by atoms with Gasteiger partial charge in [0.05, 0.1) is 12.5 Å². The zero-order valence-corrected chi connectivity index (χ0v) is 12.0. The summed E-state index contributed by atoms with van der Waals surface area (Å²) < 4.78 is 5.50. The van der Waals surface area contributed by atoms with E-state index in [1.54, 1.807) is 11.9 Å². The van der Waals surface area contributed by atoms with Crippen LogP contribution in [0.2, 0.25) is 0 Å². The lowest BCUT2D eigenvalue weighted by Crippen LogP contribution is -2.43. The number of amides is 2. The summed E-state index contributed by atoms with van der Waals surface area (Å²) in [6.07, 6.45) is 4.46. The third-order valence-corrected chi connectivity index (χ3v) is 4.08. The van der Waals surface area contributed by atoms with Crippen molar-refractivity contribution in [3.05, 3.63) is 0 Å². The minimum absolute atomic E-state index is 0.0153.